The van der Waals surface area contributed by atoms with Gasteiger partial charge in [0.25, 0.3) is 5.91 Å². The lowest BCUT2D eigenvalue weighted by Crippen LogP contribution is -2.46. The Bertz CT molecular complexity index is 1000. The summed E-state index contributed by atoms with van der Waals surface area (Å²) in [6.45, 7) is 3.24. The van der Waals surface area contributed by atoms with Gasteiger partial charge < -0.3 is 20.1 Å². The van der Waals surface area contributed by atoms with Crippen LogP contribution in [0.5, 0.6) is 0 Å². The number of imidazole rings is 1. The van der Waals surface area contributed by atoms with Crippen molar-refractivity contribution in [1.29, 1.82) is 0 Å². The quantitative estimate of drug-likeness (QED) is 0.646. The van der Waals surface area contributed by atoms with Gasteiger partial charge in [0.2, 0.25) is 5.95 Å². The largest absolute Gasteiger partial charge is 0.368 e. The first-order valence-corrected chi connectivity index (χ1v) is 9.90. The van der Waals surface area contributed by atoms with Crippen molar-refractivity contribution in [3.05, 3.63) is 35.4 Å². The summed E-state index contributed by atoms with van der Waals surface area (Å²) in [6.07, 6.45) is 1.74. The first-order chi connectivity index (χ1) is 15.6. The predicted molar refractivity (Wildman–Crippen MR) is 116 cm³/mol. The van der Waals surface area contributed by atoms with Crippen LogP contribution < -0.4 is 20.9 Å². The summed E-state index contributed by atoms with van der Waals surface area (Å²) < 4.78 is 25.5. The van der Waals surface area contributed by atoms with E-state index in [1.807, 2.05) is 23.4 Å². The summed E-state index contributed by atoms with van der Waals surface area (Å²) in [7, 11) is 3.33. The molecule has 1 fully saturated rings. The number of nitrogens with zero attached hydrogens (tertiary/aromatic N) is 5. The van der Waals surface area contributed by atoms with Crippen LogP contribution in [0.1, 0.15) is 32.9 Å². The summed E-state index contributed by atoms with van der Waals surface area (Å²) in [4.78, 5) is 36.3. The standard InChI is InChI=1S/C20H30N8O2/c1-5-22-20(30)25-19-23-12-15(26(19)4)13-27-8-10-28(11-9-27)17-7-6-16(18(29)21-3)24-14(17)2/h6-7,12H,5,8-11,13H2,1-4H3,(H,21,29)(H2,22,23,25,30)/i2D3. The molecule has 10 nitrogen and oxygen atoms in total. The zero-order chi connectivity index (χ0) is 24.2. The number of pyridine rings is 1. The van der Waals surface area contributed by atoms with Gasteiger partial charge in [-0.05, 0) is 25.9 Å². The van der Waals surface area contributed by atoms with E-state index < -0.39 is 12.8 Å². The highest BCUT2D eigenvalue weighted by Crippen LogP contribution is 2.21. The van der Waals surface area contributed by atoms with E-state index in [0.717, 1.165) is 5.69 Å². The highest BCUT2D eigenvalue weighted by atomic mass is 16.2. The number of hydrogen-bond acceptors (Lipinski definition) is 6. The smallest absolute Gasteiger partial charge is 0.321 e. The molecule has 0 unspecified atom stereocenters. The van der Waals surface area contributed by atoms with Gasteiger partial charge in [-0.25, -0.2) is 14.8 Å². The Balaban J connectivity index is 1.66. The highest BCUT2D eigenvalue weighted by Gasteiger charge is 2.21. The summed E-state index contributed by atoms with van der Waals surface area (Å²) >= 11 is 0. The third-order valence-electron chi connectivity index (χ3n) is 5.08. The lowest BCUT2D eigenvalue weighted by molar-refractivity contribution is 0.0958. The van der Waals surface area contributed by atoms with Gasteiger partial charge in [-0.2, -0.15) is 0 Å². The van der Waals surface area contributed by atoms with Crippen molar-refractivity contribution in [3.8, 4) is 0 Å². The van der Waals surface area contributed by atoms with Gasteiger partial charge in [0, 0.05) is 57.5 Å². The molecule has 2 aromatic rings. The Morgan fingerprint density at radius 1 is 1.23 bits per heavy atom. The summed E-state index contributed by atoms with van der Waals surface area (Å²) in [5.74, 6) is 0.0493. The zero-order valence-electron chi connectivity index (χ0n) is 20.5. The van der Waals surface area contributed by atoms with Gasteiger partial charge >= 0.3 is 6.03 Å². The number of nitrogens with one attached hydrogen (secondary N) is 3. The van der Waals surface area contributed by atoms with Crippen LogP contribution in [0.15, 0.2) is 18.3 Å². The number of urea groups is 1. The minimum Gasteiger partial charge on any atom is -0.368 e. The van der Waals surface area contributed by atoms with E-state index in [-0.39, 0.29) is 17.4 Å². The van der Waals surface area contributed by atoms with Gasteiger partial charge in [-0.15, -0.1) is 0 Å². The zero-order valence-corrected chi connectivity index (χ0v) is 17.5. The number of aromatic nitrogens is 3. The van der Waals surface area contributed by atoms with Gasteiger partial charge in [0.15, 0.2) is 0 Å². The molecule has 3 amide bonds. The molecule has 0 spiro atoms. The number of aryl methyl sites for hydroxylation is 1. The second-order valence-electron chi connectivity index (χ2n) is 7.02. The molecule has 0 aromatic carbocycles. The van der Waals surface area contributed by atoms with Crippen LogP contribution in [-0.4, -0.2) is 71.1 Å². The maximum absolute atomic E-state index is 11.9. The Labute approximate surface area is 180 Å². The highest BCUT2D eigenvalue weighted by molar-refractivity contribution is 5.92. The monoisotopic (exact) mass is 417 g/mol. The molecule has 10 heteroatoms. The molecule has 3 rings (SSSR count). The van der Waals surface area contributed by atoms with Crippen molar-refractivity contribution >= 4 is 23.6 Å². The fourth-order valence-electron chi connectivity index (χ4n) is 3.35. The molecule has 3 N–H and O–H groups in total. The Kier molecular flexibility index (Phi) is 5.65. The molecule has 1 saturated heterocycles. The Morgan fingerprint density at radius 3 is 2.67 bits per heavy atom. The molecular formula is C20H30N8O2. The molecule has 30 heavy (non-hydrogen) atoms. The molecule has 2 aromatic heterocycles. The minimum absolute atomic E-state index is 0.0650. The normalized spacial score (nSPS) is 16.4. The number of anilines is 2. The molecule has 162 valence electrons. The minimum atomic E-state index is -2.43. The van der Waals surface area contributed by atoms with Crippen LogP contribution in [0.25, 0.3) is 0 Å². The van der Waals surface area contributed by atoms with Crippen molar-refractivity contribution < 1.29 is 13.7 Å². The Hall–Kier alpha value is -3.14. The first-order valence-electron chi connectivity index (χ1n) is 11.4. The second kappa shape index (κ2) is 9.57. The van der Waals surface area contributed by atoms with Crippen molar-refractivity contribution in [1.82, 2.24) is 30.1 Å². The Morgan fingerprint density at radius 2 is 2.00 bits per heavy atom. The molecule has 0 radical (unpaired) electrons. The van der Waals surface area contributed by atoms with Crippen molar-refractivity contribution in [2.75, 3.05) is 50.0 Å². The van der Waals surface area contributed by atoms with Gasteiger partial charge in [0.1, 0.15) is 5.69 Å². The van der Waals surface area contributed by atoms with E-state index in [2.05, 4.69) is 30.8 Å². The molecule has 3 heterocycles. The van der Waals surface area contributed by atoms with E-state index in [9.17, 15) is 9.59 Å². The van der Waals surface area contributed by atoms with Gasteiger partial charge in [-0.1, -0.05) is 0 Å². The van der Waals surface area contributed by atoms with E-state index in [0.29, 0.717) is 50.9 Å². The predicted octanol–water partition coefficient (Wildman–Crippen LogP) is 0.947. The molecule has 0 atom stereocenters. The summed E-state index contributed by atoms with van der Waals surface area (Å²) in [6, 6.07) is 2.91. The number of amides is 3. The third kappa shape index (κ3) is 4.88. The van der Waals surface area contributed by atoms with Crippen molar-refractivity contribution in [2.45, 2.75) is 20.3 Å². The van der Waals surface area contributed by atoms with Crippen LogP contribution >= 0.6 is 0 Å². The number of rotatable bonds is 6. The van der Waals surface area contributed by atoms with Crippen LogP contribution in [0, 0.1) is 6.85 Å². The third-order valence-corrected chi connectivity index (χ3v) is 5.08. The molecule has 0 aliphatic carbocycles. The van der Waals surface area contributed by atoms with Crippen molar-refractivity contribution in [3.63, 3.8) is 0 Å². The maximum Gasteiger partial charge on any atom is 0.321 e. The number of piperazine rings is 1. The topological polar surface area (TPSA) is 107 Å². The van der Waals surface area contributed by atoms with E-state index >= 15 is 0 Å². The lowest BCUT2D eigenvalue weighted by atomic mass is 10.2. The maximum atomic E-state index is 11.9. The van der Waals surface area contributed by atoms with Crippen LogP contribution in [0.2, 0.25) is 0 Å². The fraction of sp³-hybridized carbons (Fsp3) is 0.500. The SMILES string of the molecule is [2H]C([2H])([2H])c1nc(C(=O)NC)ccc1N1CCN(Cc2cnc(NC(=O)NCC)n2C)CC1. The lowest BCUT2D eigenvalue weighted by Gasteiger charge is -2.36. The van der Waals surface area contributed by atoms with Gasteiger partial charge in [-0.3, -0.25) is 15.0 Å². The average molecular weight is 418 g/mol. The summed E-state index contributed by atoms with van der Waals surface area (Å²) in [5.41, 5.74) is 1.50. The number of carbonyl (C=O) groups excluding carboxylic acids is 2. The van der Waals surface area contributed by atoms with E-state index in [4.69, 9.17) is 4.11 Å². The van der Waals surface area contributed by atoms with Crippen molar-refractivity contribution in [2.24, 2.45) is 7.05 Å². The van der Waals surface area contributed by atoms with Gasteiger partial charge in [0.05, 0.1) is 23.3 Å². The van der Waals surface area contributed by atoms with Crippen LogP contribution in [0.3, 0.4) is 0 Å². The molecule has 0 saturated carbocycles. The first kappa shape index (κ1) is 17.7. The molecule has 0 bridgehead atoms. The van der Waals surface area contributed by atoms with Crippen LogP contribution in [0.4, 0.5) is 16.4 Å². The summed E-state index contributed by atoms with van der Waals surface area (Å²) in [5, 5.41) is 7.87. The molecule has 1 aliphatic heterocycles. The number of carbonyl (C=O) groups is 2. The average Bonchev–Trinajstić information content (AvgIpc) is 3.12. The second-order valence-corrected chi connectivity index (χ2v) is 7.02. The molecular weight excluding hydrogens is 384 g/mol. The van der Waals surface area contributed by atoms with Crippen LogP contribution in [-0.2, 0) is 13.6 Å². The fourth-order valence-corrected chi connectivity index (χ4v) is 3.35. The van der Waals surface area contributed by atoms with E-state index in [1.54, 1.807) is 18.3 Å². The van der Waals surface area contributed by atoms with E-state index in [1.165, 1.54) is 7.05 Å². The number of hydrogen-bond donors (Lipinski definition) is 3. The molecule has 1 aliphatic rings.